The quantitative estimate of drug-likeness (QED) is 0.414. The molecule has 0 spiro atoms. The molecule has 6 nitrogen and oxygen atoms in total. The molecule has 0 aliphatic heterocycles. The van der Waals surface area contributed by atoms with Gasteiger partial charge in [-0.15, -0.1) is 0 Å². The van der Waals surface area contributed by atoms with E-state index in [1.165, 1.54) is 12.1 Å². The third-order valence-electron chi connectivity index (χ3n) is 5.38. The van der Waals surface area contributed by atoms with Crippen molar-refractivity contribution in [3.63, 3.8) is 0 Å². The van der Waals surface area contributed by atoms with Crippen molar-refractivity contribution in [2.45, 2.75) is 0 Å². The number of nitrogens with zero attached hydrogens (tertiary/aromatic N) is 4. The van der Waals surface area contributed by atoms with Crippen LogP contribution in [0.25, 0.3) is 55.6 Å². The number of rotatable bonds is 3. The van der Waals surface area contributed by atoms with Crippen molar-refractivity contribution in [1.82, 2.24) is 30.1 Å². The summed E-state index contributed by atoms with van der Waals surface area (Å²) in [6, 6.07) is 14.5. The van der Waals surface area contributed by atoms with Gasteiger partial charge in [0.15, 0.2) is 0 Å². The van der Waals surface area contributed by atoms with Gasteiger partial charge < -0.3 is 4.98 Å². The van der Waals surface area contributed by atoms with Crippen molar-refractivity contribution in [3.8, 4) is 33.8 Å². The first kappa shape index (κ1) is 17.5. The highest BCUT2D eigenvalue weighted by molar-refractivity contribution is 6.01. The van der Waals surface area contributed by atoms with Crippen LogP contribution in [0.5, 0.6) is 0 Å². The maximum Gasteiger partial charge on any atom is 0.123 e. The minimum absolute atomic E-state index is 0.263. The first-order valence-electron chi connectivity index (χ1n) is 9.74. The van der Waals surface area contributed by atoms with Gasteiger partial charge in [0.1, 0.15) is 11.5 Å². The predicted octanol–water partition coefficient (Wildman–Crippen LogP) is 5.37. The van der Waals surface area contributed by atoms with Crippen LogP contribution in [-0.2, 0) is 0 Å². The second-order valence-electron chi connectivity index (χ2n) is 7.26. The number of nitrogens with one attached hydrogen (secondary N) is 2. The molecule has 148 valence electrons. The summed E-state index contributed by atoms with van der Waals surface area (Å²) in [5.41, 5.74) is 7.10. The van der Waals surface area contributed by atoms with Crippen LogP contribution in [0.15, 0.2) is 79.5 Å². The molecule has 0 amide bonds. The van der Waals surface area contributed by atoms with Crippen LogP contribution in [0, 0.1) is 5.82 Å². The van der Waals surface area contributed by atoms with Crippen molar-refractivity contribution >= 4 is 21.8 Å². The zero-order chi connectivity index (χ0) is 20.8. The Hall–Kier alpha value is -4.39. The molecular formula is C24H15FN6. The highest BCUT2D eigenvalue weighted by Gasteiger charge is 2.15. The summed E-state index contributed by atoms with van der Waals surface area (Å²) in [6.07, 6.45) is 8.65. The van der Waals surface area contributed by atoms with E-state index in [1.807, 2.05) is 12.1 Å². The highest BCUT2D eigenvalue weighted by Crippen LogP contribution is 2.34. The van der Waals surface area contributed by atoms with Crippen LogP contribution in [0.2, 0.25) is 0 Å². The molecule has 6 rings (SSSR count). The first-order valence-corrected chi connectivity index (χ1v) is 9.74. The van der Waals surface area contributed by atoms with Crippen LogP contribution in [0.4, 0.5) is 4.39 Å². The van der Waals surface area contributed by atoms with Crippen molar-refractivity contribution in [3.05, 3.63) is 85.3 Å². The number of aromatic nitrogens is 6. The smallest absolute Gasteiger partial charge is 0.123 e. The number of hydrogen-bond acceptors (Lipinski definition) is 4. The third-order valence-corrected chi connectivity index (χ3v) is 5.38. The molecule has 0 radical (unpaired) electrons. The third kappa shape index (κ3) is 2.95. The van der Waals surface area contributed by atoms with E-state index in [9.17, 15) is 4.39 Å². The standard InChI is InChI=1S/C24H15FN6/c25-16-4-1-14(2-5-16)19-11-27-13-23-17(19)10-21(29-23)24-18-9-15(3-6-20(18)30-31-24)22-12-26-7-8-28-22/h1-13,29H,(H,30,31). The fourth-order valence-electron chi connectivity index (χ4n) is 3.86. The lowest BCUT2D eigenvalue weighted by atomic mass is 10.0. The van der Waals surface area contributed by atoms with Gasteiger partial charge >= 0.3 is 0 Å². The van der Waals surface area contributed by atoms with E-state index in [1.54, 1.807) is 43.1 Å². The van der Waals surface area contributed by atoms with E-state index in [4.69, 9.17) is 0 Å². The Bertz CT molecular complexity index is 1530. The van der Waals surface area contributed by atoms with Crippen molar-refractivity contribution in [2.75, 3.05) is 0 Å². The van der Waals surface area contributed by atoms with Gasteiger partial charge in [-0.1, -0.05) is 18.2 Å². The number of hydrogen-bond donors (Lipinski definition) is 2. The number of pyridine rings is 1. The van der Waals surface area contributed by atoms with E-state index in [0.29, 0.717) is 0 Å². The maximum absolute atomic E-state index is 13.4. The SMILES string of the molecule is Fc1ccc(-c2cncc3[nH]c(-c4n[nH]c5ccc(-c6cnccn6)cc45)cc23)cc1. The molecule has 4 aromatic heterocycles. The first-order chi connectivity index (χ1) is 15.3. The van der Waals surface area contributed by atoms with Crippen LogP contribution in [0.3, 0.4) is 0 Å². The van der Waals surface area contributed by atoms with Crippen LogP contribution in [0.1, 0.15) is 0 Å². The van der Waals surface area contributed by atoms with Gasteiger partial charge in [0, 0.05) is 40.5 Å². The van der Waals surface area contributed by atoms with Gasteiger partial charge in [0.2, 0.25) is 0 Å². The second kappa shape index (κ2) is 6.84. The molecule has 0 fully saturated rings. The average Bonchev–Trinajstić information content (AvgIpc) is 3.43. The zero-order valence-corrected chi connectivity index (χ0v) is 16.2. The van der Waals surface area contributed by atoms with Gasteiger partial charge in [-0.3, -0.25) is 20.1 Å². The molecule has 2 aromatic carbocycles. The Labute approximate surface area is 175 Å². The second-order valence-corrected chi connectivity index (χ2v) is 7.26. The van der Waals surface area contributed by atoms with E-state index in [-0.39, 0.29) is 5.82 Å². The molecule has 0 unspecified atom stereocenters. The largest absolute Gasteiger partial charge is 0.352 e. The maximum atomic E-state index is 13.4. The van der Waals surface area contributed by atoms with Crippen LogP contribution >= 0.6 is 0 Å². The van der Waals surface area contributed by atoms with E-state index in [0.717, 1.165) is 55.6 Å². The number of halogens is 1. The van der Waals surface area contributed by atoms with Gasteiger partial charge in [-0.2, -0.15) is 5.10 Å². The van der Waals surface area contributed by atoms with E-state index >= 15 is 0 Å². The predicted molar refractivity (Wildman–Crippen MR) is 118 cm³/mol. The van der Waals surface area contributed by atoms with E-state index in [2.05, 4.69) is 42.3 Å². The number of fused-ring (bicyclic) bond motifs is 2. The lowest BCUT2D eigenvalue weighted by molar-refractivity contribution is 0.628. The monoisotopic (exact) mass is 406 g/mol. The highest BCUT2D eigenvalue weighted by atomic mass is 19.1. The lowest BCUT2D eigenvalue weighted by Gasteiger charge is -2.02. The Morgan fingerprint density at radius 1 is 0.742 bits per heavy atom. The summed E-state index contributed by atoms with van der Waals surface area (Å²) < 4.78 is 13.4. The summed E-state index contributed by atoms with van der Waals surface area (Å²) in [4.78, 5) is 16.3. The Morgan fingerprint density at radius 2 is 1.61 bits per heavy atom. The fraction of sp³-hybridized carbons (Fsp3) is 0. The molecule has 0 saturated heterocycles. The van der Waals surface area contributed by atoms with E-state index < -0.39 is 0 Å². The topological polar surface area (TPSA) is 83.1 Å². The molecular weight excluding hydrogens is 391 g/mol. The summed E-state index contributed by atoms with van der Waals surface area (Å²) in [5, 5.41) is 9.62. The van der Waals surface area contributed by atoms with Crippen molar-refractivity contribution in [1.29, 1.82) is 0 Å². The number of H-pyrrole nitrogens is 2. The molecule has 6 aromatic rings. The summed E-state index contributed by atoms with van der Waals surface area (Å²) in [6.45, 7) is 0. The molecule has 0 aliphatic rings. The minimum Gasteiger partial charge on any atom is -0.352 e. The number of aromatic amines is 2. The summed E-state index contributed by atoms with van der Waals surface area (Å²) in [5.74, 6) is -0.263. The molecule has 0 bridgehead atoms. The minimum atomic E-state index is -0.263. The molecule has 7 heteroatoms. The Balaban J connectivity index is 1.51. The van der Waals surface area contributed by atoms with Gasteiger partial charge in [-0.05, 0) is 35.9 Å². The van der Waals surface area contributed by atoms with Gasteiger partial charge in [0.05, 0.1) is 34.8 Å². The van der Waals surface area contributed by atoms with Crippen molar-refractivity contribution in [2.24, 2.45) is 0 Å². The van der Waals surface area contributed by atoms with Crippen molar-refractivity contribution < 1.29 is 4.39 Å². The Kier molecular flexibility index (Phi) is 3.86. The van der Waals surface area contributed by atoms with Crippen LogP contribution < -0.4 is 0 Å². The molecule has 0 aliphatic carbocycles. The summed E-state index contributed by atoms with van der Waals surface area (Å²) in [7, 11) is 0. The normalized spacial score (nSPS) is 11.4. The van der Waals surface area contributed by atoms with Crippen LogP contribution in [-0.4, -0.2) is 30.1 Å². The molecule has 2 N–H and O–H groups in total. The molecule has 31 heavy (non-hydrogen) atoms. The van der Waals surface area contributed by atoms with Gasteiger partial charge in [-0.25, -0.2) is 4.39 Å². The number of benzene rings is 2. The zero-order valence-electron chi connectivity index (χ0n) is 16.2. The Morgan fingerprint density at radius 3 is 2.45 bits per heavy atom. The molecule has 0 saturated carbocycles. The average molecular weight is 406 g/mol. The summed E-state index contributed by atoms with van der Waals surface area (Å²) >= 11 is 0. The fourth-order valence-corrected chi connectivity index (χ4v) is 3.86. The molecule has 4 heterocycles. The lowest BCUT2D eigenvalue weighted by Crippen LogP contribution is -1.84. The van der Waals surface area contributed by atoms with Gasteiger partial charge in [0.25, 0.3) is 0 Å². The molecule has 0 atom stereocenters.